The van der Waals surface area contributed by atoms with Crippen LogP contribution in [0.3, 0.4) is 0 Å². The van der Waals surface area contributed by atoms with Gasteiger partial charge in [0.2, 0.25) is 0 Å². The molecule has 0 aliphatic carbocycles. The molecule has 2 saturated heterocycles. The molecule has 4 rings (SSSR count). The Bertz CT molecular complexity index is 694. The third kappa shape index (κ3) is 4.18. The number of likely N-dealkylation sites (tertiary alicyclic amines) is 1. The Morgan fingerprint density at radius 2 is 1.81 bits per heavy atom. The second-order valence-electron chi connectivity index (χ2n) is 7.31. The van der Waals surface area contributed by atoms with E-state index in [1.54, 1.807) is 23.1 Å². The standard InChI is InChI=1S/C20H26N2O5/c23-19(15-3-4-17-18(12-15)27-11-10-26-17)14-5-7-22(8-6-14)20(24)21-13-16-2-1-9-25-16/h3-4,12,14,16H,1-2,5-11,13H2,(H,21,24)/t16-/m0/s1. The highest BCUT2D eigenvalue weighted by atomic mass is 16.6. The van der Waals surface area contributed by atoms with Crippen LogP contribution < -0.4 is 14.8 Å². The maximum absolute atomic E-state index is 12.8. The van der Waals surface area contributed by atoms with Gasteiger partial charge in [0, 0.05) is 37.7 Å². The summed E-state index contributed by atoms with van der Waals surface area (Å²) >= 11 is 0. The van der Waals surface area contributed by atoms with Crippen molar-refractivity contribution in [3.05, 3.63) is 23.8 Å². The van der Waals surface area contributed by atoms with Gasteiger partial charge >= 0.3 is 6.03 Å². The number of carbonyl (C=O) groups is 2. The predicted molar refractivity (Wildman–Crippen MR) is 98.4 cm³/mol. The summed E-state index contributed by atoms with van der Waals surface area (Å²) in [7, 11) is 0. The van der Waals surface area contributed by atoms with E-state index in [0.717, 1.165) is 19.4 Å². The quantitative estimate of drug-likeness (QED) is 0.818. The SMILES string of the molecule is O=C(c1ccc2c(c1)OCCO2)C1CCN(C(=O)NC[C@@H]2CCCO2)CC1. The summed E-state index contributed by atoms with van der Waals surface area (Å²) in [5, 5.41) is 2.95. The van der Waals surface area contributed by atoms with Crippen LogP contribution in [0.25, 0.3) is 0 Å². The minimum Gasteiger partial charge on any atom is -0.486 e. The van der Waals surface area contributed by atoms with Gasteiger partial charge in [-0.05, 0) is 43.9 Å². The number of ether oxygens (including phenoxy) is 3. The second kappa shape index (κ2) is 8.17. The molecule has 2 fully saturated rings. The van der Waals surface area contributed by atoms with Crippen molar-refractivity contribution in [3.63, 3.8) is 0 Å². The smallest absolute Gasteiger partial charge is 0.317 e. The monoisotopic (exact) mass is 374 g/mol. The van der Waals surface area contributed by atoms with Crippen LogP contribution in [0.4, 0.5) is 4.79 Å². The fraction of sp³-hybridized carbons (Fsp3) is 0.600. The molecule has 7 nitrogen and oxygen atoms in total. The summed E-state index contributed by atoms with van der Waals surface area (Å²) in [6.45, 7) is 3.58. The molecule has 1 aromatic carbocycles. The van der Waals surface area contributed by atoms with Crippen molar-refractivity contribution in [3.8, 4) is 11.5 Å². The number of piperidine rings is 1. The normalized spacial score (nSPS) is 22.5. The third-order valence-corrected chi connectivity index (χ3v) is 5.48. The maximum Gasteiger partial charge on any atom is 0.317 e. The number of hydrogen-bond donors (Lipinski definition) is 1. The highest BCUT2D eigenvalue weighted by Gasteiger charge is 2.29. The zero-order valence-electron chi connectivity index (χ0n) is 15.4. The van der Waals surface area contributed by atoms with Gasteiger partial charge in [0.1, 0.15) is 13.2 Å². The van der Waals surface area contributed by atoms with Crippen molar-refractivity contribution >= 4 is 11.8 Å². The largest absolute Gasteiger partial charge is 0.486 e. The van der Waals surface area contributed by atoms with Gasteiger partial charge in [-0.3, -0.25) is 4.79 Å². The second-order valence-corrected chi connectivity index (χ2v) is 7.31. The molecule has 2 amide bonds. The lowest BCUT2D eigenvalue weighted by atomic mass is 9.89. The minimum absolute atomic E-state index is 0.0595. The summed E-state index contributed by atoms with van der Waals surface area (Å²) in [6, 6.07) is 5.32. The van der Waals surface area contributed by atoms with Crippen molar-refractivity contribution in [1.82, 2.24) is 10.2 Å². The molecule has 1 atom stereocenters. The molecule has 0 unspecified atom stereocenters. The van der Waals surface area contributed by atoms with Gasteiger partial charge in [0.05, 0.1) is 6.10 Å². The molecule has 0 saturated carbocycles. The number of ketones is 1. The molecule has 3 aliphatic heterocycles. The molecular formula is C20H26N2O5. The van der Waals surface area contributed by atoms with Gasteiger partial charge < -0.3 is 24.4 Å². The lowest BCUT2D eigenvalue weighted by Crippen LogP contribution is -2.47. The van der Waals surface area contributed by atoms with Gasteiger partial charge in [0.15, 0.2) is 17.3 Å². The van der Waals surface area contributed by atoms with Crippen molar-refractivity contribution in [2.75, 3.05) is 39.5 Å². The fourth-order valence-electron chi connectivity index (χ4n) is 3.90. The third-order valence-electron chi connectivity index (χ3n) is 5.48. The van der Waals surface area contributed by atoms with E-state index >= 15 is 0 Å². The van der Waals surface area contributed by atoms with E-state index in [0.29, 0.717) is 62.8 Å². The minimum atomic E-state index is -0.0604. The first-order chi connectivity index (χ1) is 13.2. The first kappa shape index (κ1) is 18.1. The summed E-state index contributed by atoms with van der Waals surface area (Å²) in [5.74, 6) is 1.38. The molecule has 146 valence electrons. The molecule has 0 aromatic heterocycles. The van der Waals surface area contributed by atoms with Crippen molar-refractivity contribution in [1.29, 1.82) is 0 Å². The van der Waals surface area contributed by atoms with E-state index in [4.69, 9.17) is 14.2 Å². The Balaban J connectivity index is 1.28. The molecular weight excluding hydrogens is 348 g/mol. The molecule has 7 heteroatoms. The van der Waals surface area contributed by atoms with E-state index in [1.165, 1.54) is 0 Å². The average molecular weight is 374 g/mol. The number of carbonyl (C=O) groups excluding carboxylic acids is 2. The van der Waals surface area contributed by atoms with E-state index in [9.17, 15) is 9.59 Å². The Morgan fingerprint density at radius 3 is 2.56 bits per heavy atom. The molecule has 1 aromatic rings. The molecule has 0 spiro atoms. The van der Waals surface area contributed by atoms with Crippen LogP contribution in [-0.2, 0) is 4.74 Å². The van der Waals surface area contributed by atoms with Crippen LogP contribution in [0, 0.1) is 5.92 Å². The zero-order chi connectivity index (χ0) is 18.6. The molecule has 1 N–H and O–H groups in total. The topological polar surface area (TPSA) is 77.1 Å². The van der Waals surface area contributed by atoms with Crippen LogP contribution >= 0.6 is 0 Å². The Morgan fingerprint density at radius 1 is 1.04 bits per heavy atom. The average Bonchev–Trinajstić information content (AvgIpc) is 3.25. The van der Waals surface area contributed by atoms with Crippen molar-refractivity contribution in [2.24, 2.45) is 5.92 Å². The Kier molecular flexibility index (Phi) is 5.48. The van der Waals surface area contributed by atoms with Crippen molar-refractivity contribution < 1.29 is 23.8 Å². The molecule has 0 radical (unpaired) electrons. The van der Waals surface area contributed by atoms with Gasteiger partial charge in [-0.2, -0.15) is 0 Å². The first-order valence-corrected chi connectivity index (χ1v) is 9.79. The zero-order valence-corrected chi connectivity index (χ0v) is 15.4. The summed E-state index contributed by atoms with van der Waals surface area (Å²) in [5.41, 5.74) is 0.653. The van der Waals surface area contributed by atoms with Crippen molar-refractivity contribution in [2.45, 2.75) is 31.8 Å². The van der Waals surface area contributed by atoms with E-state index in [-0.39, 0.29) is 23.8 Å². The highest BCUT2D eigenvalue weighted by molar-refractivity contribution is 5.98. The van der Waals surface area contributed by atoms with Crippen LogP contribution in [0.5, 0.6) is 11.5 Å². The van der Waals surface area contributed by atoms with E-state index in [2.05, 4.69) is 5.32 Å². The Hall–Kier alpha value is -2.28. The van der Waals surface area contributed by atoms with Gasteiger partial charge in [-0.1, -0.05) is 0 Å². The molecule has 0 bridgehead atoms. The lowest BCUT2D eigenvalue weighted by molar-refractivity contribution is 0.0847. The number of benzene rings is 1. The number of hydrogen-bond acceptors (Lipinski definition) is 5. The number of nitrogens with one attached hydrogen (secondary N) is 1. The summed E-state index contributed by atoms with van der Waals surface area (Å²) in [4.78, 5) is 26.9. The van der Waals surface area contributed by atoms with Gasteiger partial charge in [0.25, 0.3) is 0 Å². The highest BCUT2D eigenvalue weighted by Crippen LogP contribution is 2.32. The summed E-state index contributed by atoms with van der Waals surface area (Å²) < 4.78 is 16.6. The number of Topliss-reactive ketones (excluding diaryl/α,β-unsaturated/α-hetero) is 1. The van der Waals surface area contributed by atoms with E-state index in [1.807, 2.05) is 0 Å². The number of fused-ring (bicyclic) bond motifs is 1. The van der Waals surface area contributed by atoms with Gasteiger partial charge in [-0.15, -0.1) is 0 Å². The number of nitrogens with zero attached hydrogens (tertiary/aromatic N) is 1. The fourth-order valence-corrected chi connectivity index (χ4v) is 3.90. The van der Waals surface area contributed by atoms with Crippen LogP contribution in [0.1, 0.15) is 36.0 Å². The summed E-state index contributed by atoms with van der Waals surface area (Å²) in [6.07, 6.45) is 3.57. The molecule has 3 heterocycles. The van der Waals surface area contributed by atoms with E-state index < -0.39 is 0 Å². The predicted octanol–water partition coefficient (Wildman–Crippen LogP) is 2.24. The Labute approximate surface area is 158 Å². The molecule has 27 heavy (non-hydrogen) atoms. The lowest BCUT2D eigenvalue weighted by Gasteiger charge is -2.31. The maximum atomic E-state index is 12.8. The van der Waals surface area contributed by atoms with Crippen LogP contribution in [-0.4, -0.2) is 62.3 Å². The number of rotatable bonds is 4. The first-order valence-electron chi connectivity index (χ1n) is 9.79. The molecule has 3 aliphatic rings. The van der Waals surface area contributed by atoms with Gasteiger partial charge in [-0.25, -0.2) is 4.79 Å². The number of amides is 2. The van der Waals surface area contributed by atoms with Crippen LogP contribution in [0.15, 0.2) is 18.2 Å². The van der Waals surface area contributed by atoms with Crippen LogP contribution in [0.2, 0.25) is 0 Å². The number of urea groups is 1.